The summed E-state index contributed by atoms with van der Waals surface area (Å²) in [6, 6.07) is 26.5. The van der Waals surface area contributed by atoms with E-state index >= 15 is 0 Å². The predicted molar refractivity (Wildman–Crippen MR) is 138 cm³/mol. The van der Waals surface area contributed by atoms with E-state index < -0.39 is 0 Å². The van der Waals surface area contributed by atoms with E-state index in [9.17, 15) is 9.90 Å². The van der Waals surface area contributed by atoms with Crippen LogP contribution in [0.2, 0.25) is 0 Å². The normalized spacial score (nSPS) is 11.1. The van der Waals surface area contributed by atoms with Crippen LogP contribution >= 0.6 is 0 Å². The molecule has 3 N–H and O–H groups in total. The molecule has 0 fully saturated rings. The van der Waals surface area contributed by atoms with E-state index in [0.717, 1.165) is 33.1 Å². The number of pyridine rings is 2. The summed E-state index contributed by atoms with van der Waals surface area (Å²) in [7, 11) is 0. The molecule has 35 heavy (non-hydrogen) atoms. The fraction of sp³-hybridized carbons (Fsp3) is 0. The highest BCUT2D eigenvalue weighted by molar-refractivity contribution is 6.05. The number of benzene rings is 3. The average molecular weight is 457 g/mol. The number of aromatic nitrogens is 3. The number of rotatable bonds is 4. The van der Waals surface area contributed by atoms with Gasteiger partial charge in [-0.15, -0.1) is 0 Å². The maximum atomic E-state index is 12.7. The Bertz CT molecular complexity index is 1670. The van der Waals surface area contributed by atoms with Crippen LogP contribution in [-0.4, -0.2) is 26.0 Å². The van der Waals surface area contributed by atoms with Gasteiger partial charge in [0.15, 0.2) is 0 Å². The molecule has 3 aromatic heterocycles. The van der Waals surface area contributed by atoms with Gasteiger partial charge in [0.2, 0.25) is 0 Å². The zero-order valence-electron chi connectivity index (χ0n) is 18.6. The first kappa shape index (κ1) is 20.6. The maximum Gasteiger partial charge on any atom is 0.257 e. The zero-order valence-corrected chi connectivity index (χ0v) is 18.6. The summed E-state index contributed by atoms with van der Waals surface area (Å²) < 4.78 is 0. The summed E-state index contributed by atoms with van der Waals surface area (Å²) in [6.07, 6.45) is 5.10. The summed E-state index contributed by atoms with van der Waals surface area (Å²) in [6.45, 7) is 0. The lowest BCUT2D eigenvalue weighted by Gasteiger charge is -2.11. The third-order valence-electron chi connectivity index (χ3n) is 6.05. The van der Waals surface area contributed by atoms with Crippen LogP contribution in [0.1, 0.15) is 10.4 Å². The second-order valence-electron chi connectivity index (χ2n) is 8.30. The van der Waals surface area contributed by atoms with Crippen molar-refractivity contribution in [2.75, 3.05) is 5.32 Å². The number of H-pyrrole nitrogens is 1. The van der Waals surface area contributed by atoms with Gasteiger partial charge in [-0.25, -0.2) is 0 Å². The molecule has 6 aromatic rings. The van der Waals surface area contributed by atoms with E-state index in [1.807, 2.05) is 84.9 Å². The van der Waals surface area contributed by atoms with Gasteiger partial charge in [-0.3, -0.25) is 14.8 Å². The third kappa shape index (κ3) is 3.87. The minimum atomic E-state index is -0.228. The molecule has 0 aliphatic carbocycles. The van der Waals surface area contributed by atoms with E-state index in [1.165, 1.54) is 0 Å². The van der Waals surface area contributed by atoms with Gasteiger partial charge in [0.25, 0.3) is 5.91 Å². The Balaban J connectivity index is 1.25. The molecule has 0 radical (unpaired) electrons. The van der Waals surface area contributed by atoms with Crippen LogP contribution in [0.25, 0.3) is 44.2 Å². The molecule has 1 amide bonds. The minimum absolute atomic E-state index is 0.186. The number of nitrogens with zero attached hydrogens (tertiary/aromatic N) is 2. The fourth-order valence-corrected chi connectivity index (χ4v) is 4.24. The van der Waals surface area contributed by atoms with Crippen molar-refractivity contribution in [3.8, 4) is 28.1 Å². The first-order valence-corrected chi connectivity index (χ1v) is 11.2. The molecular formula is C29H20N4O2. The van der Waals surface area contributed by atoms with Crippen molar-refractivity contribution in [1.82, 2.24) is 15.0 Å². The molecule has 0 atom stereocenters. The first-order valence-electron chi connectivity index (χ1n) is 11.2. The molecule has 0 unspecified atom stereocenters. The van der Waals surface area contributed by atoms with Crippen molar-refractivity contribution < 1.29 is 9.90 Å². The minimum Gasteiger partial charge on any atom is -0.507 e. The second kappa shape index (κ2) is 8.43. The maximum absolute atomic E-state index is 12.7. The number of carbonyl (C=O) groups excluding carboxylic acids is 1. The summed E-state index contributed by atoms with van der Waals surface area (Å²) in [5.74, 6) is -0.0415. The summed E-state index contributed by atoms with van der Waals surface area (Å²) in [5.41, 5.74) is 6.03. The lowest BCUT2D eigenvalue weighted by atomic mass is 9.99. The van der Waals surface area contributed by atoms with Crippen LogP contribution in [0.15, 0.2) is 104 Å². The van der Waals surface area contributed by atoms with Crippen molar-refractivity contribution in [3.63, 3.8) is 0 Å². The summed E-state index contributed by atoms with van der Waals surface area (Å²) >= 11 is 0. The van der Waals surface area contributed by atoms with Crippen molar-refractivity contribution >= 4 is 33.4 Å². The zero-order chi connectivity index (χ0) is 23.8. The number of aromatic hydroxyl groups is 1. The molecule has 0 spiro atoms. The first-order chi connectivity index (χ1) is 17.2. The number of anilines is 1. The van der Waals surface area contributed by atoms with Crippen LogP contribution in [-0.2, 0) is 0 Å². The van der Waals surface area contributed by atoms with Crippen LogP contribution in [0.3, 0.4) is 0 Å². The molecule has 6 nitrogen and oxygen atoms in total. The number of fused-ring (bicyclic) bond motifs is 2. The second-order valence-corrected chi connectivity index (χ2v) is 8.30. The van der Waals surface area contributed by atoms with Gasteiger partial charge in [0, 0.05) is 51.7 Å². The van der Waals surface area contributed by atoms with Crippen molar-refractivity contribution in [2.45, 2.75) is 0 Å². The van der Waals surface area contributed by atoms with E-state index in [4.69, 9.17) is 0 Å². The molecule has 0 aliphatic rings. The smallest absolute Gasteiger partial charge is 0.257 e. The number of nitrogens with one attached hydrogen (secondary N) is 2. The van der Waals surface area contributed by atoms with Gasteiger partial charge < -0.3 is 15.4 Å². The van der Waals surface area contributed by atoms with Crippen LogP contribution in [0, 0.1) is 0 Å². The van der Waals surface area contributed by atoms with Crippen LogP contribution in [0.4, 0.5) is 5.69 Å². The SMILES string of the molecule is O=C(Nc1ccc(-c2cccc(-c3cc4cnccc4[nH]3)c2O)cc1)c1cnc2ccccc2c1. The van der Waals surface area contributed by atoms with Gasteiger partial charge in [-0.2, -0.15) is 0 Å². The van der Waals surface area contributed by atoms with E-state index in [1.54, 1.807) is 18.6 Å². The molecule has 0 aliphatic heterocycles. The number of para-hydroxylation sites is 2. The Kier molecular flexibility index (Phi) is 4.96. The molecule has 3 aromatic carbocycles. The number of carbonyl (C=O) groups is 1. The number of amides is 1. The van der Waals surface area contributed by atoms with E-state index in [2.05, 4.69) is 20.3 Å². The van der Waals surface area contributed by atoms with Crippen molar-refractivity contribution in [1.29, 1.82) is 0 Å². The molecule has 0 saturated heterocycles. The highest BCUT2D eigenvalue weighted by Crippen LogP contribution is 2.38. The van der Waals surface area contributed by atoms with Crippen molar-refractivity contribution in [2.24, 2.45) is 0 Å². The molecule has 168 valence electrons. The van der Waals surface area contributed by atoms with Gasteiger partial charge in [0.1, 0.15) is 5.75 Å². The van der Waals surface area contributed by atoms with E-state index in [0.29, 0.717) is 22.4 Å². The molecule has 3 heterocycles. The highest BCUT2D eigenvalue weighted by atomic mass is 16.3. The predicted octanol–water partition coefficient (Wildman–Crippen LogP) is 6.40. The van der Waals surface area contributed by atoms with Crippen LogP contribution in [0.5, 0.6) is 5.75 Å². The molecular weight excluding hydrogens is 436 g/mol. The molecule has 6 rings (SSSR count). The Morgan fingerprint density at radius 2 is 1.66 bits per heavy atom. The Morgan fingerprint density at radius 3 is 2.51 bits per heavy atom. The van der Waals surface area contributed by atoms with Gasteiger partial charge in [-0.1, -0.05) is 42.5 Å². The van der Waals surface area contributed by atoms with Crippen molar-refractivity contribution in [3.05, 3.63) is 109 Å². The Hall–Kier alpha value is -4.97. The largest absolute Gasteiger partial charge is 0.507 e. The third-order valence-corrected chi connectivity index (χ3v) is 6.05. The number of hydrogen-bond acceptors (Lipinski definition) is 4. The average Bonchev–Trinajstić information content (AvgIpc) is 3.33. The number of aromatic amines is 1. The lowest BCUT2D eigenvalue weighted by molar-refractivity contribution is 0.102. The topological polar surface area (TPSA) is 90.9 Å². The lowest BCUT2D eigenvalue weighted by Crippen LogP contribution is -2.12. The molecule has 0 bridgehead atoms. The number of phenols is 1. The monoisotopic (exact) mass is 456 g/mol. The summed E-state index contributed by atoms with van der Waals surface area (Å²) in [5, 5.41) is 15.9. The molecule has 6 heteroatoms. The van der Waals surface area contributed by atoms with Gasteiger partial charge in [-0.05, 0) is 48.0 Å². The number of phenolic OH excluding ortho intramolecular Hbond substituents is 1. The quantitative estimate of drug-likeness (QED) is 0.286. The standard InChI is InChI=1S/C29H20N4O2/c34-28-23(5-3-6-24(28)27-15-20-16-30-13-12-26(20)33-27)18-8-10-22(11-9-18)32-29(35)21-14-19-4-1-2-7-25(19)31-17-21/h1-17,33-34H,(H,32,35). The molecule has 0 saturated carbocycles. The number of hydrogen-bond donors (Lipinski definition) is 3. The fourth-order valence-electron chi connectivity index (χ4n) is 4.24. The Morgan fingerprint density at radius 1 is 0.829 bits per heavy atom. The van der Waals surface area contributed by atoms with E-state index in [-0.39, 0.29) is 11.7 Å². The van der Waals surface area contributed by atoms with Crippen LogP contribution < -0.4 is 5.32 Å². The Labute approximate surface area is 200 Å². The highest BCUT2D eigenvalue weighted by Gasteiger charge is 2.14. The van der Waals surface area contributed by atoms with Gasteiger partial charge in [0.05, 0.1) is 16.8 Å². The summed E-state index contributed by atoms with van der Waals surface area (Å²) in [4.78, 5) is 24.6. The van der Waals surface area contributed by atoms with Gasteiger partial charge >= 0.3 is 0 Å².